The van der Waals surface area contributed by atoms with Crippen LogP contribution in [0.15, 0.2) is 53.4 Å². The molecule has 0 bridgehead atoms. The largest absolute Gasteiger partial charge is 0.356 e. The molecule has 0 spiro atoms. The van der Waals surface area contributed by atoms with Gasteiger partial charge in [0.1, 0.15) is 0 Å². The van der Waals surface area contributed by atoms with Crippen molar-refractivity contribution in [2.45, 2.75) is 11.8 Å². The number of nitrogens with one attached hydrogen (secondary N) is 2. The second-order valence-corrected chi connectivity index (χ2v) is 7.01. The van der Waals surface area contributed by atoms with Gasteiger partial charge in [-0.05, 0) is 36.8 Å². The number of anilines is 1. The van der Waals surface area contributed by atoms with Gasteiger partial charge in [-0.15, -0.1) is 0 Å². The lowest BCUT2D eigenvalue weighted by Gasteiger charge is -2.11. The highest BCUT2D eigenvalue weighted by atomic mass is 32.2. The third kappa shape index (κ3) is 4.45. The van der Waals surface area contributed by atoms with Crippen LogP contribution < -0.4 is 10.0 Å². The molecular weight excluding hydrogens is 358 g/mol. The Morgan fingerprint density at radius 2 is 1.81 bits per heavy atom. The minimum atomic E-state index is -3.91. The number of amides is 1. The first-order valence-corrected chi connectivity index (χ1v) is 8.99. The second kappa shape index (κ2) is 7.79. The Hall–Kier alpha value is -3.20. The normalized spacial score (nSPS) is 11.3. The lowest BCUT2D eigenvalue weighted by molar-refractivity contribution is -0.385. The standard InChI is InChI=1S/C17H17N3O5S/c1-12-15(4-3-5-16(12)20(22)23)19-26(24,25)14-9-6-13(7-10-14)8-11-17(21)18-2/h3-11,19H,1-2H3,(H,18,21)/b11-8+. The minimum Gasteiger partial charge on any atom is -0.356 e. The molecule has 0 aliphatic rings. The van der Waals surface area contributed by atoms with Gasteiger partial charge in [-0.3, -0.25) is 19.6 Å². The first-order valence-electron chi connectivity index (χ1n) is 7.51. The molecule has 26 heavy (non-hydrogen) atoms. The molecule has 0 heterocycles. The maximum atomic E-state index is 12.5. The van der Waals surface area contributed by atoms with Crippen LogP contribution in [-0.4, -0.2) is 26.3 Å². The molecule has 2 N–H and O–H groups in total. The summed E-state index contributed by atoms with van der Waals surface area (Å²) in [5, 5.41) is 13.4. The predicted octanol–water partition coefficient (Wildman–Crippen LogP) is 2.46. The number of sulfonamides is 1. The fraction of sp³-hybridized carbons (Fsp3) is 0.118. The van der Waals surface area contributed by atoms with Gasteiger partial charge in [0.2, 0.25) is 5.91 Å². The van der Waals surface area contributed by atoms with E-state index in [1.807, 2.05) is 0 Å². The fourth-order valence-corrected chi connectivity index (χ4v) is 3.27. The van der Waals surface area contributed by atoms with Crippen molar-refractivity contribution in [2.75, 3.05) is 11.8 Å². The Bertz CT molecular complexity index is 966. The SMILES string of the molecule is CNC(=O)/C=C/c1ccc(S(=O)(=O)Nc2cccc([N+](=O)[O-])c2C)cc1. The molecule has 9 heteroatoms. The van der Waals surface area contributed by atoms with E-state index in [2.05, 4.69) is 10.0 Å². The van der Waals surface area contributed by atoms with Crippen LogP contribution in [0, 0.1) is 17.0 Å². The van der Waals surface area contributed by atoms with Crippen LogP contribution in [0.5, 0.6) is 0 Å². The summed E-state index contributed by atoms with van der Waals surface area (Å²) in [6.45, 7) is 1.47. The fourth-order valence-electron chi connectivity index (χ4n) is 2.15. The predicted molar refractivity (Wildman–Crippen MR) is 98.2 cm³/mol. The van der Waals surface area contributed by atoms with E-state index >= 15 is 0 Å². The van der Waals surface area contributed by atoms with Crippen LogP contribution >= 0.6 is 0 Å². The first-order chi connectivity index (χ1) is 12.2. The first kappa shape index (κ1) is 19.1. The van der Waals surface area contributed by atoms with Crippen molar-refractivity contribution in [3.63, 3.8) is 0 Å². The monoisotopic (exact) mass is 375 g/mol. The zero-order valence-corrected chi connectivity index (χ0v) is 14.9. The molecule has 0 radical (unpaired) electrons. The number of nitro benzene ring substituents is 1. The van der Waals surface area contributed by atoms with Gasteiger partial charge in [0, 0.05) is 19.2 Å². The van der Waals surface area contributed by atoms with Crippen molar-refractivity contribution in [3.05, 3.63) is 69.8 Å². The summed E-state index contributed by atoms with van der Waals surface area (Å²) in [4.78, 5) is 21.6. The quantitative estimate of drug-likeness (QED) is 0.457. The summed E-state index contributed by atoms with van der Waals surface area (Å²) in [5.74, 6) is -0.274. The van der Waals surface area contributed by atoms with Gasteiger partial charge >= 0.3 is 0 Å². The number of hydrogen-bond acceptors (Lipinski definition) is 5. The van der Waals surface area contributed by atoms with Crippen LogP contribution in [0.25, 0.3) is 6.08 Å². The lowest BCUT2D eigenvalue weighted by Crippen LogP contribution is -2.14. The number of carbonyl (C=O) groups excluding carboxylic acids is 1. The van der Waals surface area contributed by atoms with Gasteiger partial charge in [-0.1, -0.05) is 18.2 Å². The van der Waals surface area contributed by atoms with Crippen molar-refractivity contribution >= 4 is 33.4 Å². The van der Waals surface area contributed by atoms with Gasteiger partial charge in [0.05, 0.1) is 21.1 Å². The highest BCUT2D eigenvalue weighted by Gasteiger charge is 2.19. The molecule has 8 nitrogen and oxygen atoms in total. The number of benzene rings is 2. The van der Waals surface area contributed by atoms with Crippen molar-refractivity contribution in [2.24, 2.45) is 0 Å². The Kier molecular flexibility index (Phi) is 5.73. The Balaban J connectivity index is 2.26. The summed E-state index contributed by atoms with van der Waals surface area (Å²) in [6, 6.07) is 10.1. The van der Waals surface area contributed by atoms with E-state index in [1.165, 1.54) is 50.4 Å². The number of nitrogens with zero attached hydrogens (tertiary/aromatic N) is 1. The molecule has 2 aromatic rings. The molecule has 0 unspecified atom stereocenters. The molecular formula is C17H17N3O5S. The highest BCUT2D eigenvalue weighted by molar-refractivity contribution is 7.92. The molecule has 1 amide bonds. The van der Waals surface area contributed by atoms with Crippen LogP contribution in [-0.2, 0) is 14.8 Å². The highest BCUT2D eigenvalue weighted by Crippen LogP contribution is 2.27. The summed E-state index contributed by atoms with van der Waals surface area (Å²) in [5.41, 5.74) is 0.855. The topological polar surface area (TPSA) is 118 Å². The van der Waals surface area contributed by atoms with Crippen molar-refractivity contribution < 1.29 is 18.1 Å². The van der Waals surface area contributed by atoms with E-state index in [1.54, 1.807) is 18.2 Å². The number of nitro groups is 1. The molecule has 0 fully saturated rings. The number of likely N-dealkylation sites (N-methyl/N-ethyl adjacent to an activating group) is 1. The summed E-state index contributed by atoms with van der Waals surface area (Å²) >= 11 is 0. The lowest BCUT2D eigenvalue weighted by atomic mass is 10.2. The van der Waals surface area contributed by atoms with E-state index in [0.717, 1.165) is 0 Å². The summed E-state index contributed by atoms with van der Waals surface area (Å²) in [6.07, 6.45) is 2.88. The van der Waals surface area contributed by atoms with Crippen molar-refractivity contribution in [3.8, 4) is 0 Å². The Morgan fingerprint density at radius 3 is 2.38 bits per heavy atom. The maximum Gasteiger partial charge on any atom is 0.274 e. The second-order valence-electron chi connectivity index (χ2n) is 5.33. The van der Waals surface area contributed by atoms with E-state index in [4.69, 9.17) is 0 Å². The Labute approximate surface area is 150 Å². The molecule has 136 valence electrons. The van der Waals surface area contributed by atoms with Gasteiger partial charge in [-0.25, -0.2) is 8.42 Å². The van der Waals surface area contributed by atoms with Gasteiger partial charge < -0.3 is 5.32 Å². The minimum absolute atomic E-state index is 0.000462. The zero-order chi connectivity index (χ0) is 19.3. The van der Waals surface area contributed by atoms with Crippen LogP contribution in [0.2, 0.25) is 0 Å². The molecule has 0 saturated heterocycles. The Morgan fingerprint density at radius 1 is 1.15 bits per heavy atom. The van der Waals surface area contributed by atoms with Crippen molar-refractivity contribution in [1.29, 1.82) is 0 Å². The van der Waals surface area contributed by atoms with Crippen molar-refractivity contribution in [1.82, 2.24) is 5.32 Å². The van der Waals surface area contributed by atoms with Gasteiger partial charge in [0.25, 0.3) is 15.7 Å². The van der Waals surface area contributed by atoms with Crippen LogP contribution in [0.3, 0.4) is 0 Å². The third-order valence-corrected chi connectivity index (χ3v) is 4.99. The third-order valence-electron chi connectivity index (χ3n) is 3.61. The zero-order valence-electron chi connectivity index (χ0n) is 14.1. The van der Waals surface area contributed by atoms with E-state index in [-0.39, 0.29) is 27.7 Å². The van der Waals surface area contributed by atoms with Gasteiger partial charge in [0.15, 0.2) is 0 Å². The number of carbonyl (C=O) groups is 1. The molecule has 2 aromatic carbocycles. The van der Waals surface area contributed by atoms with E-state index in [9.17, 15) is 23.3 Å². The summed E-state index contributed by atoms with van der Waals surface area (Å²) < 4.78 is 27.4. The number of rotatable bonds is 6. The molecule has 0 aliphatic heterocycles. The van der Waals surface area contributed by atoms with Crippen LogP contribution in [0.1, 0.15) is 11.1 Å². The summed E-state index contributed by atoms with van der Waals surface area (Å²) in [7, 11) is -2.40. The molecule has 0 aliphatic carbocycles. The average molecular weight is 375 g/mol. The number of hydrogen-bond donors (Lipinski definition) is 2. The smallest absolute Gasteiger partial charge is 0.274 e. The van der Waals surface area contributed by atoms with Gasteiger partial charge in [-0.2, -0.15) is 0 Å². The molecule has 0 saturated carbocycles. The van der Waals surface area contributed by atoms with Crippen LogP contribution in [0.4, 0.5) is 11.4 Å². The molecule has 0 atom stereocenters. The van der Waals surface area contributed by atoms with E-state index < -0.39 is 14.9 Å². The van der Waals surface area contributed by atoms with E-state index in [0.29, 0.717) is 5.56 Å². The molecule has 0 aromatic heterocycles. The average Bonchev–Trinajstić information content (AvgIpc) is 2.61. The molecule has 2 rings (SSSR count). The maximum absolute atomic E-state index is 12.5.